The normalized spacial score (nSPS) is 11.4. The van der Waals surface area contributed by atoms with E-state index in [0.29, 0.717) is 0 Å². The molecule has 0 bridgehead atoms. The molecular formula is C19H41N. The zero-order chi connectivity index (χ0) is 14.9. The summed E-state index contributed by atoms with van der Waals surface area (Å²) in [5.41, 5.74) is 0. The van der Waals surface area contributed by atoms with Crippen LogP contribution in [0.4, 0.5) is 0 Å². The van der Waals surface area contributed by atoms with Gasteiger partial charge in [0.1, 0.15) is 0 Å². The van der Waals surface area contributed by atoms with Crippen molar-refractivity contribution in [1.82, 2.24) is 5.32 Å². The second kappa shape index (κ2) is 17.0. The molecule has 1 N–H and O–H groups in total. The maximum atomic E-state index is 3.60. The Morgan fingerprint density at radius 3 is 1.55 bits per heavy atom. The average Bonchev–Trinajstić information content (AvgIpc) is 2.43. The van der Waals surface area contributed by atoms with E-state index < -0.39 is 0 Å². The van der Waals surface area contributed by atoms with Crippen molar-refractivity contribution in [2.75, 3.05) is 13.1 Å². The fourth-order valence-corrected chi connectivity index (χ4v) is 2.67. The third-order valence-corrected chi connectivity index (χ3v) is 4.09. The van der Waals surface area contributed by atoms with Crippen molar-refractivity contribution in [3.63, 3.8) is 0 Å². The van der Waals surface area contributed by atoms with Crippen LogP contribution in [0.2, 0.25) is 0 Å². The standard InChI is InChI=1S/C19H41N/c1-4-5-6-7-8-9-11-14-17-20-18-15-12-10-13-16-19(2)3/h19-20H,4-18H2,1-3H3. The first-order valence-electron chi connectivity index (χ1n) is 9.48. The summed E-state index contributed by atoms with van der Waals surface area (Å²) in [5, 5.41) is 3.60. The molecule has 1 heteroatoms. The van der Waals surface area contributed by atoms with Gasteiger partial charge in [0, 0.05) is 0 Å². The minimum absolute atomic E-state index is 0.884. The van der Waals surface area contributed by atoms with Gasteiger partial charge in [0.05, 0.1) is 0 Å². The molecule has 0 fully saturated rings. The van der Waals surface area contributed by atoms with Crippen LogP contribution in [0.1, 0.15) is 104 Å². The van der Waals surface area contributed by atoms with Crippen LogP contribution in [0, 0.1) is 5.92 Å². The van der Waals surface area contributed by atoms with Gasteiger partial charge in [-0.15, -0.1) is 0 Å². The highest BCUT2D eigenvalue weighted by atomic mass is 14.8. The summed E-state index contributed by atoms with van der Waals surface area (Å²) >= 11 is 0. The van der Waals surface area contributed by atoms with Gasteiger partial charge in [-0.05, 0) is 31.8 Å². The van der Waals surface area contributed by atoms with Gasteiger partial charge in [-0.25, -0.2) is 0 Å². The van der Waals surface area contributed by atoms with Crippen molar-refractivity contribution < 1.29 is 0 Å². The van der Waals surface area contributed by atoms with Crippen LogP contribution in [0.3, 0.4) is 0 Å². The lowest BCUT2D eigenvalue weighted by Gasteiger charge is -2.06. The van der Waals surface area contributed by atoms with Gasteiger partial charge in [-0.2, -0.15) is 0 Å². The van der Waals surface area contributed by atoms with Gasteiger partial charge in [0.25, 0.3) is 0 Å². The minimum atomic E-state index is 0.884. The summed E-state index contributed by atoms with van der Waals surface area (Å²) in [5.74, 6) is 0.884. The highest BCUT2D eigenvalue weighted by molar-refractivity contribution is 4.52. The lowest BCUT2D eigenvalue weighted by atomic mass is 10.0. The molecule has 122 valence electrons. The molecule has 0 spiro atoms. The minimum Gasteiger partial charge on any atom is -0.317 e. The van der Waals surface area contributed by atoms with E-state index in [1.54, 1.807) is 0 Å². The molecular weight excluding hydrogens is 242 g/mol. The SMILES string of the molecule is CCCCCCCCCCNCCCCCCC(C)C. The van der Waals surface area contributed by atoms with E-state index in [4.69, 9.17) is 0 Å². The Morgan fingerprint density at radius 1 is 0.600 bits per heavy atom. The number of nitrogens with one attached hydrogen (secondary N) is 1. The zero-order valence-electron chi connectivity index (χ0n) is 14.7. The molecule has 0 heterocycles. The van der Waals surface area contributed by atoms with Gasteiger partial charge in [0.15, 0.2) is 0 Å². The Bertz CT molecular complexity index is 165. The molecule has 20 heavy (non-hydrogen) atoms. The zero-order valence-corrected chi connectivity index (χ0v) is 14.7. The van der Waals surface area contributed by atoms with Crippen molar-refractivity contribution in [3.8, 4) is 0 Å². The largest absolute Gasteiger partial charge is 0.317 e. The molecule has 0 aliphatic heterocycles. The lowest BCUT2D eigenvalue weighted by Crippen LogP contribution is -2.16. The molecule has 0 aromatic heterocycles. The summed E-state index contributed by atoms with van der Waals surface area (Å²) in [6.45, 7) is 9.41. The Hall–Kier alpha value is -0.0400. The molecule has 0 rings (SSSR count). The predicted octanol–water partition coefficient (Wildman–Crippen LogP) is 6.32. The molecule has 0 atom stereocenters. The Morgan fingerprint density at radius 2 is 1.05 bits per heavy atom. The maximum Gasteiger partial charge on any atom is -0.00489 e. The van der Waals surface area contributed by atoms with Crippen LogP contribution < -0.4 is 5.32 Å². The van der Waals surface area contributed by atoms with Crippen LogP contribution in [0.15, 0.2) is 0 Å². The monoisotopic (exact) mass is 283 g/mol. The molecule has 0 saturated carbocycles. The maximum absolute atomic E-state index is 3.60. The number of rotatable bonds is 16. The van der Waals surface area contributed by atoms with E-state index in [2.05, 4.69) is 26.1 Å². The van der Waals surface area contributed by atoms with E-state index in [9.17, 15) is 0 Å². The second-order valence-corrected chi connectivity index (χ2v) is 6.82. The molecule has 1 nitrogen and oxygen atoms in total. The first kappa shape index (κ1) is 20.0. The van der Waals surface area contributed by atoms with Crippen molar-refractivity contribution in [2.24, 2.45) is 5.92 Å². The first-order chi connectivity index (χ1) is 9.77. The van der Waals surface area contributed by atoms with Crippen LogP contribution in [-0.2, 0) is 0 Å². The molecule has 0 saturated heterocycles. The fourth-order valence-electron chi connectivity index (χ4n) is 2.67. The average molecular weight is 284 g/mol. The molecule has 0 aromatic carbocycles. The number of unbranched alkanes of at least 4 members (excludes halogenated alkanes) is 10. The van der Waals surface area contributed by atoms with Gasteiger partial charge < -0.3 is 5.32 Å². The first-order valence-corrected chi connectivity index (χ1v) is 9.48. The van der Waals surface area contributed by atoms with Crippen molar-refractivity contribution in [1.29, 1.82) is 0 Å². The molecule has 0 aromatic rings. The molecule has 0 amide bonds. The van der Waals surface area contributed by atoms with Crippen molar-refractivity contribution in [3.05, 3.63) is 0 Å². The summed E-state index contributed by atoms with van der Waals surface area (Å²) in [7, 11) is 0. The fraction of sp³-hybridized carbons (Fsp3) is 1.00. The lowest BCUT2D eigenvalue weighted by molar-refractivity contribution is 0.507. The van der Waals surface area contributed by atoms with Gasteiger partial charge in [-0.3, -0.25) is 0 Å². The van der Waals surface area contributed by atoms with E-state index >= 15 is 0 Å². The molecule has 0 radical (unpaired) electrons. The highest BCUT2D eigenvalue weighted by Crippen LogP contribution is 2.09. The van der Waals surface area contributed by atoms with Crippen LogP contribution in [-0.4, -0.2) is 13.1 Å². The quantitative estimate of drug-likeness (QED) is 0.327. The molecule has 0 unspecified atom stereocenters. The molecule has 0 aliphatic carbocycles. The van der Waals surface area contributed by atoms with E-state index in [0.717, 1.165) is 5.92 Å². The van der Waals surface area contributed by atoms with E-state index in [1.807, 2.05) is 0 Å². The summed E-state index contributed by atoms with van der Waals surface area (Å²) in [6.07, 6.45) is 18.4. The number of hydrogen-bond donors (Lipinski definition) is 1. The van der Waals surface area contributed by atoms with Crippen molar-refractivity contribution >= 4 is 0 Å². The Balaban J connectivity index is 2.92. The topological polar surface area (TPSA) is 12.0 Å². The van der Waals surface area contributed by atoms with Gasteiger partial charge >= 0.3 is 0 Å². The smallest absolute Gasteiger partial charge is 0.00489 e. The van der Waals surface area contributed by atoms with Crippen LogP contribution >= 0.6 is 0 Å². The van der Waals surface area contributed by atoms with Crippen LogP contribution in [0.5, 0.6) is 0 Å². The van der Waals surface area contributed by atoms with E-state index in [-0.39, 0.29) is 0 Å². The van der Waals surface area contributed by atoms with E-state index in [1.165, 1.54) is 96.6 Å². The number of hydrogen-bond acceptors (Lipinski definition) is 1. The summed E-state index contributed by atoms with van der Waals surface area (Å²) in [4.78, 5) is 0. The molecule has 0 aliphatic rings. The van der Waals surface area contributed by atoms with Crippen LogP contribution in [0.25, 0.3) is 0 Å². The summed E-state index contributed by atoms with van der Waals surface area (Å²) < 4.78 is 0. The predicted molar refractivity (Wildman–Crippen MR) is 93.4 cm³/mol. The second-order valence-electron chi connectivity index (χ2n) is 6.82. The Labute approximate surface area is 129 Å². The van der Waals surface area contributed by atoms with Gasteiger partial charge in [0.2, 0.25) is 0 Å². The third-order valence-electron chi connectivity index (χ3n) is 4.09. The highest BCUT2D eigenvalue weighted by Gasteiger charge is 1.95. The third kappa shape index (κ3) is 18.0. The summed E-state index contributed by atoms with van der Waals surface area (Å²) in [6, 6.07) is 0. The van der Waals surface area contributed by atoms with Crippen molar-refractivity contribution in [2.45, 2.75) is 104 Å². The Kier molecular flexibility index (Phi) is 17.0. The van der Waals surface area contributed by atoms with Gasteiger partial charge in [-0.1, -0.05) is 91.4 Å².